The van der Waals surface area contributed by atoms with Crippen molar-refractivity contribution in [1.82, 2.24) is 0 Å². The molecule has 0 saturated heterocycles. The van der Waals surface area contributed by atoms with Crippen LogP contribution in [0.2, 0.25) is 0 Å². The highest BCUT2D eigenvalue weighted by atomic mass is 32.5. The second kappa shape index (κ2) is 5.72. The molecule has 0 aromatic heterocycles. The second-order valence-electron chi connectivity index (χ2n) is 4.86. The molecule has 0 unspecified atom stereocenters. The number of allylic oxidation sites excluding steroid dienone is 1. The summed E-state index contributed by atoms with van der Waals surface area (Å²) >= 11 is 0. The molecule has 1 aromatic carbocycles. The minimum Gasteiger partial charge on any atom is -0.492 e. The summed E-state index contributed by atoms with van der Waals surface area (Å²) < 4.78 is 84.5. The lowest BCUT2D eigenvalue weighted by molar-refractivity contribution is 0.284. The molecule has 0 radical (unpaired) electrons. The number of ether oxygens (including phenoxy) is 1. The van der Waals surface area contributed by atoms with Crippen LogP contribution in [-0.2, 0) is 6.42 Å². The van der Waals surface area contributed by atoms with Crippen molar-refractivity contribution in [3.8, 4) is 5.75 Å². The number of benzene rings is 1. The normalized spacial score (nSPS) is 15.0. The molecule has 0 heterocycles. The molecule has 128 valence electrons. The van der Waals surface area contributed by atoms with Gasteiger partial charge in [0.1, 0.15) is 5.75 Å². The predicted octanol–water partition coefficient (Wildman–Crippen LogP) is 6.78. The number of unbranched alkanes of at least 4 members (excludes halogenated alkanes) is 1. The van der Waals surface area contributed by atoms with Gasteiger partial charge in [-0.3, -0.25) is 0 Å². The van der Waals surface area contributed by atoms with E-state index in [9.17, 15) is 23.8 Å². The molecule has 0 atom stereocenters. The van der Waals surface area contributed by atoms with Crippen LogP contribution >= 0.6 is 10.2 Å². The summed E-state index contributed by atoms with van der Waals surface area (Å²) in [7, 11) is -10.2. The van der Waals surface area contributed by atoms with E-state index in [1.54, 1.807) is 6.92 Å². The van der Waals surface area contributed by atoms with Gasteiger partial charge in [0.2, 0.25) is 0 Å². The van der Waals surface area contributed by atoms with Gasteiger partial charge in [-0.25, -0.2) is 4.39 Å². The van der Waals surface area contributed by atoms with Gasteiger partial charge in [-0.2, -0.15) is 0 Å². The van der Waals surface area contributed by atoms with E-state index >= 15 is 0 Å². The van der Waals surface area contributed by atoms with E-state index in [1.807, 2.05) is 0 Å². The molecule has 1 rings (SSSR count). The highest BCUT2D eigenvalue weighted by Crippen LogP contribution is 3.03. The summed E-state index contributed by atoms with van der Waals surface area (Å²) in [6.45, 7) is 4.93. The number of halogens is 6. The van der Waals surface area contributed by atoms with Crippen LogP contribution in [0.4, 0.5) is 23.8 Å². The second-order valence-corrected chi connectivity index (χ2v) is 7.21. The summed E-state index contributed by atoms with van der Waals surface area (Å²) in [4.78, 5) is -2.56. The van der Waals surface area contributed by atoms with Crippen molar-refractivity contribution in [2.75, 3.05) is 6.61 Å². The number of hydrogen-bond donors (Lipinski definition) is 0. The van der Waals surface area contributed by atoms with Crippen LogP contribution in [0.5, 0.6) is 5.75 Å². The fraction of sp³-hybridized carbons (Fsp3) is 0.429. The van der Waals surface area contributed by atoms with Gasteiger partial charge >= 0.3 is 10.2 Å². The van der Waals surface area contributed by atoms with E-state index in [4.69, 9.17) is 4.74 Å². The monoisotopic (exact) mass is 348 g/mol. The molecule has 1 aromatic rings. The largest absolute Gasteiger partial charge is 0.492 e. The van der Waals surface area contributed by atoms with Crippen LogP contribution in [0, 0.1) is 5.82 Å². The highest BCUT2D eigenvalue weighted by Gasteiger charge is 2.69. The van der Waals surface area contributed by atoms with Gasteiger partial charge in [-0.1, -0.05) is 44.9 Å². The molecule has 0 fully saturated rings. The Kier molecular flexibility index (Phi) is 4.87. The summed E-state index contributed by atoms with van der Waals surface area (Å²) in [6.07, 6.45) is 2.37. The molecule has 0 aliphatic rings. The first-order valence-corrected chi connectivity index (χ1v) is 8.65. The molecule has 22 heavy (non-hydrogen) atoms. The topological polar surface area (TPSA) is 9.23 Å². The average molecular weight is 348 g/mol. The van der Waals surface area contributed by atoms with Crippen LogP contribution < -0.4 is 4.74 Å². The Bertz CT molecular complexity index is 552. The van der Waals surface area contributed by atoms with Gasteiger partial charge in [0.25, 0.3) is 0 Å². The minimum absolute atomic E-state index is 0.147. The van der Waals surface area contributed by atoms with Gasteiger partial charge < -0.3 is 4.74 Å². The van der Waals surface area contributed by atoms with Gasteiger partial charge in [0.05, 0.1) is 6.61 Å². The Morgan fingerprint density at radius 2 is 1.82 bits per heavy atom. The molecule has 0 aliphatic carbocycles. The lowest BCUT2D eigenvalue weighted by Crippen LogP contribution is -2.13. The van der Waals surface area contributed by atoms with Gasteiger partial charge in [-0.15, -0.1) is 6.58 Å². The third kappa shape index (κ3) is 4.86. The summed E-state index contributed by atoms with van der Waals surface area (Å²) in [5, 5.41) is 0. The molecule has 0 spiro atoms. The smallest absolute Gasteiger partial charge is 0.316 e. The van der Waals surface area contributed by atoms with Crippen molar-refractivity contribution in [2.45, 2.75) is 37.5 Å². The van der Waals surface area contributed by atoms with Crippen LogP contribution in [0.1, 0.15) is 31.7 Å². The molecular weight excluding hydrogens is 330 g/mol. The maximum atomic E-state index is 14.1. The van der Waals surface area contributed by atoms with E-state index < -0.39 is 32.2 Å². The zero-order valence-electron chi connectivity index (χ0n) is 12.1. The molecule has 0 saturated carbocycles. The van der Waals surface area contributed by atoms with Crippen molar-refractivity contribution in [1.29, 1.82) is 0 Å². The minimum atomic E-state index is -10.2. The Balaban J connectivity index is 3.41. The Morgan fingerprint density at radius 1 is 1.18 bits per heavy atom. The third-order valence-corrected chi connectivity index (χ3v) is 4.05. The molecule has 1 nitrogen and oxygen atoms in total. The maximum Gasteiger partial charge on any atom is 0.316 e. The molecule has 8 heteroatoms. The standard InChI is InChI=1S/C14H18F6OS/c1-3-5-7-11-8-9-12(21-10-6-4-2)14(13(11)15)22(16,17,18,19)20/h3,8-9H,1,4-7,10H2,2H3. The maximum absolute atomic E-state index is 14.1. The molecule has 0 N–H and O–H groups in total. The van der Waals surface area contributed by atoms with Crippen molar-refractivity contribution in [3.05, 3.63) is 36.2 Å². The number of aryl methyl sites for hydroxylation is 1. The van der Waals surface area contributed by atoms with Crippen molar-refractivity contribution >= 4 is 10.2 Å². The Morgan fingerprint density at radius 3 is 2.32 bits per heavy atom. The molecular formula is C14H18F6OS. The fourth-order valence-corrected chi connectivity index (χ4v) is 2.81. The molecule has 0 amide bonds. The van der Waals surface area contributed by atoms with Crippen LogP contribution in [0.15, 0.2) is 29.7 Å². The van der Waals surface area contributed by atoms with Gasteiger partial charge in [0, 0.05) is 0 Å². The van der Waals surface area contributed by atoms with Gasteiger partial charge in [0.15, 0.2) is 10.7 Å². The Labute approximate surface area is 125 Å². The van der Waals surface area contributed by atoms with Crippen molar-refractivity contribution in [2.24, 2.45) is 0 Å². The zero-order valence-corrected chi connectivity index (χ0v) is 12.9. The Hall–Kier alpha value is -1.31. The zero-order chi connectivity index (χ0) is 17.1. The average Bonchev–Trinajstić information content (AvgIpc) is 2.35. The number of hydrogen-bond acceptors (Lipinski definition) is 1. The summed E-state index contributed by atoms with van der Waals surface area (Å²) in [5.41, 5.74) is -0.439. The van der Waals surface area contributed by atoms with E-state index in [1.165, 1.54) is 6.08 Å². The lowest BCUT2D eigenvalue weighted by atomic mass is 10.1. The number of rotatable bonds is 8. The first kappa shape index (κ1) is 18.7. The van der Waals surface area contributed by atoms with Crippen LogP contribution in [-0.4, -0.2) is 6.61 Å². The van der Waals surface area contributed by atoms with E-state index in [2.05, 4.69) is 6.58 Å². The van der Waals surface area contributed by atoms with Crippen LogP contribution in [0.3, 0.4) is 0 Å². The van der Waals surface area contributed by atoms with Gasteiger partial charge in [-0.05, 0) is 30.9 Å². The SMILES string of the molecule is C=CCCc1ccc(OCCCC)c(S(F)(F)(F)(F)F)c1F. The third-order valence-electron chi connectivity index (χ3n) is 2.90. The molecule has 0 aliphatic heterocycles. The lowest BCUT2D eigenvalue weighted by Gasteiger charge is -2.41. The fourth-order valence-electron chi connectivity index (χ4n) is 1.83. The first-order chi connectivity index (χ1) is 9.90. The highest BCUT2D eigenvalue weighted by molar-refractivity contribution is 8.45. The van der Waals surface area contributed by atoms with Crippen molar-refractivity contribution < 1.29 is 28.6 Å². The van der Waals surface area contributed by atoms with Crippen molar-refractivity contribution in [3.63, 3.8) is 0 Å². The summed E-state index contributed by atoms with van der Waals surface area (Å²) in [6, 6.07) is 1.79. The predicted molar refractivity (Wildman–Crippen MR) is 76.7 cm³/mol. The molecule has 0 bridgehead atoms. The summed E-state index contributed by atoms with van der Waals surface area (Å²) in [5.74, 6) is -3.12. The van der Waals surface area contributed by atoms with E-state index in [0.717, 1.165) is 12.1 Å². The van der Waals surface area contributed by atoms with Crippen LogP contribution in [0.25, 0.3) is 0 Å². The quantitative estimate of drug-likeness (QED) is 0.286. The van der Waals surface area contributed by atoms with E-state index in [0.29, 0.717) is 12.8 Å². The first-order valence-electron chi connectivity index (χ1n) is 6.70. The van der Waals surface area contributed by atoms with E-state index in [-0.39, 0.29) is 19.4 Å².